The second kappa shape index (κ2) is 12.0. The van der Waals surface area contributed by atoms with Gasteiger partial charge in [0.05, 0.1) is 17.0 Å². The summed E-state index contributed by atoms with van der Waals surface area (Å²) in [5.74, 6) is -0.236. The number of rotatable bonds is 9. The van der Waals surface area contributed by atoms with Crippen LogP contribution >= 0.6 is 0 Å². The van der Waals surface area contributed by atoms with Crippen LogP contribution in [0.2, 0.25) is 0 Å². The lowest BCUT2D eigenvalue weighted by Gasteiger charge is -2.57. The summed E-state index contributed by atoms with van der Waals surface area (Å²) >= 11 is 0. The molecule has 1 N–H and O–H groups in total. The summed E-state index contributed by atoms with van der Waals surface area (Å²) in [6.45, 7) is 6.67. The lowest BCUT2D eigenvalue weighted by atomic mass is 9.50. The Morgan fingerprint density at radius 1 is 0.956 bits per heavy atom. The van der Waals surface area contributed by atoms with Crippen LogP contribution in [0.5, 0.6) is 0 Å². The maximum Gasteiger partial charge on any atom is 0.416 e. The van der Waals surface area contributed by atoms with E-state index in [9.17, 15) is 22.8 Å². The van der Waals surface area contributed by atoms with Gasteiger partial charge in [-0.1, -0.05) is 68.4 Å². The monoisotopic (exact) mass is 617 g/mol. The molecule has 0 saturated heterocycles. The third kappa shape index (κ3) is 6.49. The Balaban J connectivity index is 1.12. The van der Waals surface area contributed by atoms with Crippen molar-refractivity contribution < 1.29 is 27.5 Å². The zero-order chi connectivity index (χ0) is 31.9. The van der Waals surface area contributed by atoms with Crippen LogP contribution in [0.25, 0.3) is 10.9 Å². The number of hydrogen-bond acceptors (Lipinski definition) is 4. The third-order valence-corrected chi connectivity index (χ3v) is 9.24. The number of nitrogens with zero attached hydrogens (tertiary/aromatic N) is 2. The summed E-state index contributed by atoms with van der Waals surface area (Å²) in [7, 11) is 0. The van der Waals surface area contributed by atoms with Crippen LogP contribution in [0, 0.1) is 17.3 Å². The highest BCUT2D eigenvalue weighted by Gasteiger charge is 2.55. The third-order valence-electron chi connectivity index (χ3n) is 9.24. The van der Waals surface area contributed by atoms with Gasteiger partial charge in [0.2, 0.25) is 0 Å². The molecular formula is C36H38F3N3O3. The number of amides is 1. The van der Waals surface area contributed by atoms with E-state index < -0.39 is 11.7 Å². The largest absolute Gasteiger partial charge is 0.458 e. The molecule has 4 aromatic rings. The van der Waals surface area contributed by atoms with Crippen molar-refractivity contribution >= 4 is 22.8 Å². The first-order valence-electron chi connectivity index (χ1n) is 15.6. The van der Waals surface area contributed by atoms with Crippen molar-refractivity contribution in [1.29, 1.82) is 0 Å². The molecular weight excluding hydrogens is 579 g/mol. The molecule has 6 rings (SSSR count). The molecule has 0 bridgehead atoms. The van der Waals surface area contributed by atoms with Gasteiger partial charge in [0.15, 0.2) is 5.69 Å². The molecule has 2 fully saturated rings. The topological polar surface area (TPSA) is 73.2 Å². The number of alkyl halides is 3. The van der Waals surface area contributed by atoms with Crippen molar-refractivity contribution in [2.45, 2.75) is 77.7 Å². The number of hydrogen-bond donors (Lipinski definition) is 1. The van der Waals surface area contributed by atoms with E-state index >= 15 is 0 Å². The summed E-state index contributed by atoms with van der Waals surface area (Å²) in [5, 5.41) is 8.64. The molecule has 2 saturated carbocycles. The zero-order valence-electron chi connectivity index (χ0n) is 25.7. The van der Waals surface area contributed by atoms with E-state index in [1.807, 2.05) is 60.1 Å². The Morgan fingerprint density at radius 2 is 1.64 bits per heavy atom. The number of nitrogens with one attached hydrogen (secondary N) is 1. The fraction of sp³-hybridized carbons (Fsp3) is 0.417. The minimum absolute atomic E-state index is 0.00918. The van der Waals surface area contributed by atoms with Gasteiger partial charge in [0, 0.05) is 18.0 Å². The summed E-state index contributed by atoms with van der Waals surface area (Å²) in [6, 6.07) is 20.6. The number of esters is 1. The molecule has 0 unspecified atom stereocenters. The standard InChI is InChI=1S/C36H38F3N3O3/c1-22(2)21-42-30-11-7-10-26(16-24-12-14-28(15-13-24)36(37,38)39)31(30)32(41-42)33(43)40-29-19-35(20-29)17-27(18-35)34(44)45-23(3)25-8-5-4-6-9-25/h4-15,22-23,27,29H,16-21H2,1-3H3,(H,40,43)/t23-,27?,29?,35?/m0/s1. The van der Waals surface area contributed by atoms with Crippen molar-refractivity contribution in [3.05, 3.63) is 101 Å². The predicted molar refractivity (Wildman–Crippen MR) is 165 cm³/mol. The molecule has 1 amide bonds. The minimum atomic E-state index is -4.40. The average molecular weight is 618 g/mol. The Bertz CT molecular complexity index is 1680. The average Bonchev–Trinajstić information content (AvgIpc) is 3.32. The molecule has 2 aliphatic rings. The minimum Gasteiger partial charge on any atom is -0.458 e. The number of halogens is 3. The molecule has 0 aliphatic heterocycles. The molecule has 9 heteroatoms. The molecule has 6 nitrogen and oxygen atoms in total. The van der Waals surface area contributed by atoms with Gasteiger partial charge in [-0.15, -0.1) is 0 Å². The molecule has 1 heterocycles. The first kappa shape index (κ1) is 30.9. The van der Waals surface area contributed by atoms with Gasteiger partial charge in [-0.2, -0.15) is 18.3 Å². The highest BCUT2D eigenvalue weighted by Crippen LogP contribution is 2.59. The van der Waals surface area contributed by atoms with Gasteiger partial charge in [-0.3, -0.25) is 14.3 Å². The van der Waals surface area contributed by atoms with Crippen LogP contribution in [-0.4, -0.2) is 27.7 Å². The Morgan fingerprint density at radius 3 is 2.29 bits per heavy atom. The van der Waals surface area contributed by atoms with Gasteiger partial charge in [-0.05, 0) is 85.3 Å². The second-order valence-electron chi connectivity index (χ2n) is 13.3. The van der Waals surface area contributed by atoms with Crippen LogP contribution < -0.4 is 5.32 Å². The summed E-state index contributed by atoms with van der Waals surface area (Å²) in [5.41, 5.74) is 3.05. The molecule has 1 atom stereocenters. The normalized spacial score (nSPS) is 21.8. The second-order valence-corrected chi connectivity index (χ2v) is 13.3. The summed E-state index contributed by atoms with van der Waals surface area (Å²) < 4.78 is 46.9. The van der Waals surface area contributed by atoms with Crippen molar-refractivity contribution in [3.8, 4) is 0 Å². The van der Waals surface area contributed by atoms with Crippen LogP contribution in [0.15, 0.2) is 72.8 Å². The Kier molecular flexibility index (Phi) is 8.22. The predicted octanol–water partition coefficient (Wildman–Crippen LogP) is 7.89. The van der Waals surface area contributed by atoms with Crippen molar-refractivity contribution in [1.82, 2.24) is 15.1 Å². The van der Waals surface area contributed by atoms with E-state index in [-0.39, 0.29) is 35.4 Å². The van der Waals surface area contributed by atoms with Gasteiger partial charge >= 0.3 is 12.1 Å². The van der Waals surface area contributed by atoms with Gasteiger partial charge in [0.25, 0.3) is 5.91 Å². The first-order valence-corrected chi connectivity index (χ1v) is 15.6. The highest BCUT2D eigenvalue weighted by molar-refractivity contribution is 6.06. The Hall–Kier alpha value is -4.14. The molecule has 45 heavy (non-hydrogen) atoms. The lowest BCUT2D eigenvalue weighted by Crippen LogP contribution is -2.57. The van der Waals surface area contributed by atoms with Crippen molar-refractivity contribution in [2.75, 3.05) is 0 Å². The molecule has 1 aromatic heterocycles. The molecule has 236 valence electrons. The molecule has 0 radical (unpaired) electrons. The van der Waals surface area contributed by atoms with E-state index in [4.69, 9.17) is 9.84 Å². The number of carbonyl (C=O) groups is 2. The molecule has 2 aliphatic carbocycles. The maximum absolute atomic E-state index is 13.7. The summed E-state index contributed by atoms with van der Waals surface area (Å²) in [6.07, 6.45) is -1.17. The van der Waals surface area contributed by atoms with Gasteiger partial charge < -0.3 is 10.1 Å². The zero-order valence-corrected chi connectivity index (χ0v) is 25.7. The fourth-order valence-electron chi connectivity index (χ4n) is 7.01. The van der Waals surface area contributed by atoms with E-state index in [1.54, 1.807) is 0 Å². The quantitative estimate of drug-likeness (QED) is 0.194. The van der Waals surface area contributed by atoms with Crippen LogP contribution in [0.1, 0.15) is 85.3 Å². The molecule has 3 aromatic carbocycles. The number of carbonyl (C=O) groups excluding carboxylic acids is 2. The van der Waals surface area contributed by atoms with Gasteiger partial charge in [0.1, 0.15) is 6.10 Å². The van der Waals surface area contributed by atoms with Crippen molar-refractivity contribution in [2.24, 2.45) is 17.3 Å². The Labute approximate surface area is 261 Å². The first-order chi connectivity index (χ1) is 21.4. The van der Waals surface area contributed by atoms with E-state index in [0.29, 0.717) is 24.6 Å². The van der Waals surface area contributed by atoms with E-state index in [1.165, 1.54) is 12.1 Å². The lowest BCUT2D eigenvalue weighted by molar-refractivity contribution is -0.167. The van der Waals surface area contributed by atoms with Crippen molar-refractivity contribution in [3.63, 3.8) is 0 Å². The highest BCUT2D eigenvalue weighted by atomic mass is 19.4. The van der Waals surface area contributed by atoms with E-state index in [2.05, 4.69) is 19.2 Å². The fourth-order valence-corrected chi connectivity index (χ4v) is 7.01. The van der Waals surface area contributed by atoms with Gasteiger partial charge in [-0.25, -0.2) is 0 Å². The number of benzene rings is 3. The number of aromatic nitrogens is 2. The van der Waals surface area contributed by atoms with Crippen LogP contribution in [0.4, 0.5) is 13.2 Å². The summed E-state index contributed by atoms with van der Waals surface area (Å²) in [4.78, 5) is 26.4. The molecule has 1 spiro atoms. The number of fused-ring (bicyclic) bond motifs is 1. The van der Waals surface area contributed by atoms with Crippen LogP contribution in [0.3, 0.4) is 0 Å². The smallest absolute Gasteiger partial charge is 0.416 e. The maximum atomic E-state index is 13.7. The SMILES string of the molecule is CC(C)Cn1nc(C(=O)NC2CC3(C2)CC(C(=O)O[C@@H](C)c2ccccc2)C3)c2c(Cc3ccc(C(F)(F)F)cc3)cccc21. The van der Waals surface area contributed by atoms with Crippen LogP contribution in [-0.2, 0) is 28.7 Å². The van der Waals surface area contributed by atoms with E-state index in [0.717, 1.165) is 65.4 Å². The number of ether oxygens (including phenoxy) is 1.